The molecule has 0 aromatic heterocycles. The average Bonchev–Trinajstić information content (AvgIpc) is 2.76. The van der Waals surface area contributed by atoms with E-state index in [2.05, 4.69) is 79.7 Å². The minimum absolute atomic E-state index is 0.513. The van der Waals surface area contributed by atoms with Crippen LogP contribution < -0.4 is 0 Å². The molecule has 0 radical (unpaired) electrons. The van der Waals surface area contributed by atoms with Crippen molar-refractivity contribution in [1.82, 2.24) is 0 Å². The third-order valence-electron chi connectivity index (χ3n) is 6.90. The van der Waals surface area contributed by atoms with Gasteiger partial charge < -0.3 is 21.2 Å². The summed E-state index contributed by atoms with van der Waals surface area (Å²) >= 11 is 0. The second kappa shape index (κ2) is 21.6. The van der Waals surface area contributed by atoms with Crippen molar-refractivity contribution in [1.29, 1.82) is 0 Å². The molecule has 5 nitrogen and oxygen atoms in total. The van der Waals surface area contributed by atoms with Gasteiger partial charge >= 0.3 is 27.1 Å². The predicted molar refractivity (Wildman–Crippen MR) is 193 cm³/mol. The number of hydrogen-bond acceptors (Lipinski definition) is 5. The molecular formula is C31H74O5Si5. The van der Waals surface area contributed by atoms with Gasteiger partial charge in [-0.05, 0) is 77.2 Å². The van der Waals surface area contributed by atoms with E-state index in [0.29, 0.717) is 11.6 Å². The van der Waals surface area contributed by atoms with Gasteiger partial charge in [0.05, 0.1) is 6.23 Å². The summed E-state index contributed by atoms with van der Waals surface area (Å²) in [4.78, 5) is 0. The fourth-order valence-electron chi connectivity index (χ4n) is 5.63. The van der Waals surface area contributed by atoms with Gasteiger partial charge in [-0.1, -0.05) is 111 Å². The zero-order chi connectivity index (χ0) is 31.5. The molecule has 248 valence electrons. The van der Waals surface area contributed by atoms with Gasteiger partial charge in [0.1, 0.15) is 0 Å². The minimum atomic E-state index is -2.28. The molecule has 0 unspecified atom stereocenters. The van der Waals surface area contributed by atoms with Crippen molar-refractivity contribution in [2.75, 3.05) is 12.8 Å². The number of unbranched alkanes of at least 4 members (excludes halogenated alkanes) is 14. The zero-order valence-corrected chi connectivity index (χ0v) is 35.4. The molecule has 0 atom stereocenters. The molecule has 0 aromatic carbocycles. The molecule has 0 fully saturated rings. The molecule has 10 heteroatoms. The Morgan fingerprint density at radius 2 is 0.854 bits per heavy atom. The highest BCUT2D eigenvalue weighted by atomic mass is 28.5. The van der Waals surface area contributed by atoms with Crippen LogP contribution in [0.5, 0.6) is 0 Å². The van der Waals surface area contributed by atoms with Crippen LogP contribution in [-0.4, -0.2) is 56.6 Å². The lowest BCUT2D eigenvalue weighted by Gasteiger charge is -2.40. The standard InChI is InChI=1S/C31H74O5Si5/c1-31(2,3)28-26-24-22-20-18-16-14-13-15-17-19-21-23-25-27-29-32-37-33-30-39(7,8)35-41(11,12)36-40(9,10)34-38(4,5)6/h13-30,37H2,1-12H3. The average molecular weight is 667 g/mol. The SMILES string of the molecule is CC(C)(C)CCCCCCCCCCCCCCCCCO[SiH2]OC[Si](C)(C)O[Si](C)(C)O[Si](C)(C)O[Si](C)(C)C. The van der Waals surface area contributed by atoms with E-state index in [1.165, 1.54) is 96.3 Å². The highest BCUT2D eigenvalue weighted by Crippen LogP contribution is 2.24. The van der Waals surface area contributed by atoms with Crippen LogP contribution in [0, 0.1) is 5.41 Å². The Morgan fingerprint density at radius 1 is 0.463 bits per heavy atom. The molecule has 0 aliphatic carbocycles. The molecule has 0 saturated heterocycles. The van der Waals surface area contributed by atoms with Crippen molar-refractivity contribution >= 4 is 43.8 Å². The van der Waals surface area contributed by atoms with Crippen LogP contribution >= 0.6 is 0 Å². The third-order valence-corrected chi connectivity index (χ3v) is 21.6. The van der Waals surface area contributed by atoms with Gasteiger partial charge in [0.25, 0.3) is 0 Å². The van der Waals surface area contributed by atoms with Crippen molar-refractivity contribution in [2.45, 2.75) is 182 Å². The van der Waals surface area contributed by atoms with E-state index in [1.807, 2.05) is 0 Å². The van der Waals surface area contributed by atoms with E-state index in [4.69, 9.17) is 21.2 Å². The minimum Gasteiger partial charge on any atom is -0.437 e. The molecule has 0 bridgehead atoms. The Balaban J connectivity index is 3.60. The van der Waals surface area contributed by atoms with Crippen LogP contribution in [0.25, 0.3) is 0 Å². The Kier molecular flexibility index (Phi) is 22.1. The summed E-state index contributed by atoms with van der Waals surface area (Å²) < 4.78 is 31.4. The van der Waals surface area contributed by atoms with Gasteiger partial charge in [0.15, 0.2) is 16.6 Å². The van der Waals surface area contributed by atoms with Crippen molar-refractivity contribution in [3.63, 3.8) is 0 Å². The summed E-state index contributed by atoms with van der Waals surface area (Å²) in [5.41, 5.74) is 0.513. The second-order valence-electron chi connectivity index (χ2n) is 16.0. The summed E-state index contributed by atoms with van der Waals surface area (Å²) in [6.45, 7) is 27.6. The first kappa shape index (κ1) is 41.9. The fraction of sp³-hybridized carbons (Fsp3) is 1.00. The summed E-state index contributed by atoms with van der Waals surface area (Å²) in [7, 11) is -9.01. The Bertz CT molecular complexity index is 633. The fourth-order valence-corrected chi connectivity index (χ4v) is 25.6. The predicted octanol–water partition coefficient (Wildman–Crippen LogP) is 10.3. The monoisotopic (exact) mass is 666 g/mol. The smallest absolute Gasteiger partial charge is 0.312 e. The molecule has 0 amide bonds. The number of rotatable bonds is 27. The summed E-state index contributed by atoms with van der Waals surface area (Å²) in [6, 6.07) is 0. The number of hydrogen-bond donors (Lipinski definition) is 0. The van der Waals surface area contributed by atoms with Crippen LogP contribution in [0.4, 0.5) is 0 Å². The second-order valence-corrected chi connectivity index (χ2v) is 33.1. The van der Waals surface area contributed by atoms with Crippen LogP contribution in [-0.2, 0) is 21.2 Å². The lowest BCUT2D eigenvalue weighted by molar-refractivity contribution is 0.230. The van der Waals surface area contributed by atoms with E-state index in [9.17, 15) is 0 Å². The largest absolute Gasteiger partial charge is 0.437 e. The van der Waals surface area contributed by atoms with E-state index in [-0.39, 0.29) is 0 Å². The van der Waals surface area contributed by atoms with Crippen molar-refractivity contribution in [3.05, 3.63) is 0 Å². The van der Waals surface area contributed by atoms with Gasteiger partial charge in [0, 0.05) is 6.61 Å². The highest BCUT2D eigenvalue weighted by Gasteiger charge is 2.42. The molecular weight excluding hydrogens is 593 g/mol. The van der Waals surface area contributed by atoms with Crippen molar-refractivity contribution in [3.8, 4) is 0 Å². The molecule has 41 heavy (non-hydrogen) atoms. The molecule has 0 N–H and O–H groups in total. The lowest BCUT2D eigenvalue weighted by atomic mass is 9.89. The normalized spacial score (nSPS) is 14.0. The molecule has 0 heterocycles. The van der Waals surface area contributed by atoms with Gasteiger partial charge in [-0.25, -0.2) is 0 Å². The Morgan fingerprint density at radius 3 is 1.27 bits per heavy atom. The topological polar surface area (TPSA) is 46.2 Å². The first-order chi connectivity index (χ1) is 18.8. The van der Waals surface area contributed by atoms with Crippen molar-refractivity contribution in [2.24, 2.45) is 5.41 Å². The molecule has 0 aromatic rings. The quantitative estimate of drug-likeness (QED) is 0.0645. The van der Waals surface area contributed by atoms with E-state index in [0.717, 1.165) is 13.0 Å². The summed E-state index contributed by atoms with van der Waals surface area (Å²) in [5, 5.41) is 0. The highest BCUT2D eigenvalue weighted by molar-refractivity contribution is 6.89. The molecule has 0 aliphatic rings. The molecule has 0 aliphatic heterocycles. The zero-order valence-electron chi connectivity index (χ0n) is 30.0. The van der Waals surface area contributed by atoms with Crippen LogP contribution in [0.1, 0.15) is 124 Å². The summed E-state index contributed by atoms with van der Waals surface area (Å²) in [6.07, 6.45) is 23.0. The van der Waals surface area contributed by atoms with E-state index >= 15 is 0 Å². The first-order valence-corrected chi connectivity index (χ1v) is 30.4. The van der Waals surface area contributed by atoms with Gasteiger partial charge in [-0.2, -0.15) is 0 Å². The maximum Gasteiger partial charge on any atom is 0.312 e. The molecule has 0 saturated carbocycles. The lowest BCUT2D eigenvalue weighted by Crippen LogP contribution is -2.57. The van der Waals surface area contributed by atoms with E-state index in [1.54, 1.807) is 0 Å². The Labute approximate surface area is 264 Å². The van der Waals surface area contributed by atoms with Crippen LogP contribution in [0.15, 0.2) is 0 Å². The van der Waals surface area contributed by atoms with Gasteiger partial charge in [-0.15, -0.1) is 0 Å². The first-order valence-electron chi connectivity index (χ1n) is 17.1. The van der Waals surface area contributed by atoms with E-state index < -0.39 is 43.8 Å². The van der Waals surface area contributed by atoms with Crippen LogP contribution in [0.3, 0.4) is 0 Å². The Hall–Kier alpha value is 0.884. The molecule has 0 spiro atoms. The maximum absolute atomic E-state index is 6.59. The van der Waals surface area contributed by atoms with Crippen LogP contribution in [0.2, 0.25) is 58.9 Å². The maximum atomic E-state index is 6.59. The third kappa shape index (κ3) is 30.7. The molecule has 0 rings (SSSR count). The summed E-state index contributed by atoms with van der Waals surface area (Å²) in [5.74, 6) is 0. The van der Waals surface area contributed by atoms with Gasteiger partial charge in [-0.3, -0.25) is 0 Å². The van der Waals surface area contributed by atoms with Gasteiger partial charge in [0.2, 0.25) is 0 Å². The van der Waals surface area contributed by atoms with Crippen molar-refractivity contribution < 1.29 is 21.2 Å².